The third kappa shape index (κ3) is 9.88. The van der Waals surface area contributed by atoms with Crippen molar-refractivity contribution >= 4 is 23.5 Å². The topological polar surface area (TPSA) is 237 Å². The number of carbonyl (C=O) groups excluding carboxylic acids is 2. The predicted molar refractivity (Wildman–Crippen MR) is 130 cm³/mol. The molecule has 0 aromatic rings. The van der Waals surface area contributed by atoms with Gasteiger partial charge in [0.1, 0.15) is 61.2 Å². The van der Waals surface area contributed by atoms with Crippen molar-refractivity contribution < 1.29 is 64.4 Å². The Morgan fingerprint density at radius 1 is 0.868 bits per heavy atom. The number of unbranched alkanes of at least 4 members (excludes halogenated alkanes) is 1. The van der Waals surface area contributed by atoms with E-state index in [0.29, 0.717) is 18.7 Å². The van der Waals surface area contributed by atoms with E-state index in [4.69, 9.17) is 19.0 Å². The maximum atomic E-state index is 11.9. The van der Waals surface area contributed by atoms with Crippen LogP contribution >= 0.6 is 11.8 Å². The first-order chi connectivity index (χ1) is 18.1. The Morgan fingerprint density at radius 3 is 2.24 bits per heavy atom. The second-order valence-corrected chi connectivity index (χ2v) is 10.3. The van der Waals surface area contributed by atoms with Crippen LogP contribution in [0.3, 0.4) is 0 Å². The number of aliphatic hydroxyl groups excluding tert-OH is 7. The third-order valence-corrected chi connectivity index (χ3v) is 7.11. The molecule has 2 saturated heterocycles. The lowest BCUT2D eigenvalue weighted by atomic mass is 9.96. The van der Waals surface area contributed by atoms with E-state index in [0.717, 1.165) is 18.6 Å². The molecule has 15 nitrogen and oxygen atoms in total. The van der Waals surface area contributed by atoms with Gasteiger partial charge in [-0.2, -0.15) is 17.2 Å². The van der Waals surface area contributed by atoms with E-state index in [1.807, 2.05) is 0 Å². The van der Waals surface area contributed by atoms with Crippen LogP contribution in [0.25, 0.3) is 0 Å². The maximum Gasteiger partial charge on any atom is 0.248 e. The standard InChI is InChI=1S/C22H40N2O13S/c1-11(27)4-2-3-6-38-7-5-23-14(28)10-34-24-21-18(32)17(31)20(13(9-26)35-21)37-22-19(33)16(30)15(29)12(8-25)36-22/h12-13,15-22,24-26,29-33H,2-10H2,1H3,(H,23,28)/t12?,13?,15-,16?,17?,18+,19+,20-,21?,22-/m1/s1. The number of hydrogen-bond donors (Lipinski definition) is 9. The molecule has 2 aliphatic heterocycles. The first-order valence-corrected chi connectivity index (χ1v) is 13.6. The summed E-state index contributed by atoms with van der Waals surface area (Å²) in [5.41, 5.74) is 2.31. The molecular formula is C22H40N2O13S. The monoisotopic (exact) mass is 572 g/mol. The molecule has 2 rings (SSSR count). The summed E-state index contributed by atoms with van der Waals surface area (Å²) in [6.45, 7) is 0.146. The van der Waals surface area contributed by atoms with Gasteiger partial charge in [0, 0.05) is 18.7 Å². The molecule has 2 fully saturated rings. The van der Waals surface area contributed by atoms with Crippen LogP contribution in [-0.2, 0) is 28.6 Å². The largest absolute Gasteiger partial charge is 0.394 e. The summed E-state index contributed by atoms with van der Waals surface area (Å²) in [5, 5.41) is 72.6. The molecule has 16 heteroatoms. The van der Waals surface area contributed by atoms with Crippen molar-refractivity contribution in [1.82, 2.24) is 10.8 Å². The number of amides is 1. The second kappa shape index (κ2) is 17.0. The van der Waals surface area contributed by atoms with E-state index in [-0.39, 0.29) is 5.78 Å². The number of Topliss-reactive ketones (excluding diaryl/α,β-unsaturated/α-hetero) is 1. The Kier molecular flexibility index (Phi) is 14.8. The van der Waals surface area contributed by atoms with Crippen molar-refractivity contribution in [2.24, 2.45) is 0 Å². The Labute approximate surface area is 224 Å². The molecule has 9 N–H and O–H groups in total. The molecule has 38 heavy (non-hydrogen) atoms. The third-order valence-electron chi connectivity index (χ3n) is 6.04. The summed E-state index contributed by atoms with van der Waals surface area (Å²) in [6, 6.07) is 0. The van der Waals surface area contributed by atoms with E-state index >= 15 is 0 Å². The van der Waals surface area contributed by atoms with Crippen LogP contribution in [0.15, 0.2) is 0 Å². The average Bonchev–Trinajstić information content (AvgIpc) is 2.89. The molecule has 0 aromatic heterocycles. The van der Waals surface area contributed by atoms with Gasteiger partial charge in [0.05, 0.1) is 13.2 Å². The quantitative estimate of drug-likeness (QED) is 0.0629. The molecule has 222 valence electrons. The van der Waals surface area contributed by atoms with Gasteiger partial charge < -0.3 is 60.1 Å². The molecule has 10 atom stereocenters. The Bertz CT molecular complexity index is 719. The van der Waals surface area contributed by atoms with Crippen LogP contribution in [0.5, 0.6) is 0 Å². The number of rotatable bonds is 16. The molecule has 0 bridgehead atoms. The molecule has 0 aliphatic carbocycles. The van der Waals surface area contributed by atoms with Crippen LogP contribution in [-0.4, -0.2) is 147 Å². The van der Waals surface area contributed by atoms with Crippen molar-refractivity contribution in [3.05, 3.63) is 0 Å². The zero-order valence-electron chi connectivity index (χ0n) is 21.1. The first-order valence-electron chi connectivity index (χ1n) is 12.4. The fraction of sp³-hybridized carbons (Fsp3) is 0.909. The van der Waals surface area contributed by atoms with E-state index in [1.54, 1.807) is 18.7 Å². The molecule has 2 aliphatic rings. The lowest BCUT2D eigenvalue weighted by Crippen LogP contribution is -2.66. The number of ketones is 1. The molecule has 0 saturated carbocycles. The highest BCUT2D eigenvalue weighted by atomic mass is 32.2. The summed E-state index contributed by atoms with van der Waals surface area (Å²) in [6.07, 6.45) is -13.1. The lowest BCUT2D eigenvalue weighted by molar-refractivity contribution is -0.347. The van der Waals surface area contributed by atoms with Gasteiger partial charge in [-0.25, -0.2) is 0 Å². The number of hydroxylamine groups is 1. The van der Waals surface area contributed by atoms with Gasteiger partial charge in [-0.15, -0.1) is 0 Å². The van der Waals surface area contributed by atoms with Gasteiger partial charge in [-0.1, -0.05) is 0 Å². The summed E-state index contributed by atoms with van der Waals surface area (Å²) < 4.78 is 16.2. The predicted octanol–water partition coefficient (Wildman–Crippen LogP) is -4.26. The minimum absolute atomic E-state index is 0.171. The van der Waals surface area contributed by atoms with E-state index in [9.17, 15) is 45.3 Å². The SMILES string of the molecule is CC(=O)CCCCSCCNC(=O)CONC1OC(CO)[C@@H](O[C@H]2OC(CO)[C@@H](O)C(O)[C@@H]2O)C(O)[C@@H]1O. The summed E-state index contributed by atoms with van der Waals surface area (Å²) in [5.74, 6) is 1.30. The van der Waals surface area contributed by atoms with Gasteiger partial charge in [-0.05, 0) is 25.5 Å². The lowest BCUT2D eigenvalue weighted by Gasteiger charge is -2.46. The molecule has 0 spiro atoms. The van der Waals surface area contributed by atoms with E-state index < -0.39 is 87.1 Å². The fourth-order valence-corrected chi connectivity index (χ4v) is 4.73. The van der Waals surface area contributed by atoms with Crippen LogP contribution in [0.4, 0.5) is 0 Å². The van der Waals surface area contributed by atoms with Crippen LogP contribution < -0.4 is 10.8 Å². The molecule has 0 aromatic carbocycles. The minimum Gasteiger partial charge on any atom is -0.394 e. The number of thioether (sulfide) groups is 1. The Balaban J connectivity index is 1.74. The first kappa shape index (κ1) is 33.2. The number of nitrogens with one attached hydrogen (secondary N) is 2. The minimum atomic E-state index is -1.76. The molecule has 1 amide bonds. The van der Waals surface area contributed by atoms with Gasteiger partial charge in [0.15, 0.2) is 12.5 Å². The Hall–Kier alpha value is -0.990. The zero-order valence-corrected chi connectivity index (χ0v) is 21.9. The summed E-state index contributed by atoms with van der Waals surface area (Å²) in [7, 11) is 0. The zero-order chi connectivity index (χ0) is 28.2. The van der Waals surface area contributed by atoms with Crippen molar-refractivity contribution in [3.8, 4) is 0 Å². The number of ether oxygens (including phenoxy) is 3. The van der Waals surface area contributed by atoms with Crippen molar-refractivity contribution in [1.29, 1.82) is 0 Å². The van der Waals surface area contributed by atoms with Crippen molar-refractivity contribution in [2.45, 2.75) is 87.5 Å². The molecule has 5 unspecified atom stereocenters. The van der Waals surface area contributed by atoms with Crippen molar-refractivity contribution in [3.63, 3.8) is 0 Å². The Morgan fingerprint density at radius 2 is 1.58 bits per heavy atom. The van der Waals surface area contributed by atoms with Crippen LogP contribution in [0, 0.1) is 0 Å². The highest BCUT2D eigenvalue weighted by Gasteiger charge is 2.50. The highest BCUT2D eigenvalue weighted by molar-refractivity contribution is 7.99. The van der Waals surface area contributed by atoms with E-state index in [1.165, 1.54) is 0 Å². The van der Waals surface area contributed by atoms with Gasteiger partial charge >= 0.3 is 0 Å². The van der Waals surface area contributed by atoms with Crippen LogP contribution in [0.1, 0.15) is 26.2 Å². The summed E-state index contributed by atoms with van der Waals surface area (Å²) in [4.78, 5) is 27.9. The average molecular weight is 573 g/mol. The molecular weight excluding hydrogens is 532 g/mol. The van der Waals surface area contributed by atoms with E-state index in [2.05, 4.69) is 10.8 Å². The number of hydrogen-bond acceptors (Lipinski definition) is 15. The normalized spacial score (nSPS) is 35.7. The fourth-order valence-electron chi connectivity index (χ4n) is 3.87. The highest BCUT2D eigenvalue weighted by Crippen LogP contribution is 2.28. The van der Waals surface area contributed by atoms with Gasteiger partial charge in [0.25, 0.3) is 0 Å². The molecule has 0 radical (unpaired) electrons. The van der Waals surface area contributed by atoms with Crippen LogP contribution in [0.2, 0.25) is 0 Å². The smallest absolute Gasteiger partial charge is 0.248 e. The van der Waals surface area contributed by atoms with Gasteiger partial charge in [-0.3, -0.25) is 9.63 Å². The number of aliphatic hydroxyl groups is 7. The van der Waals surface area contributed by atoms with Gasteiger partial charge in [0.2, 0.25) is 5.91 Å². The maximum absolute atomic E-state index is 11.9. The van der Waals surface area contributed by atoms with Crippen molar-refractivity contribution in [2.75, 3.05) is 37.9 Å². The molecule has 2 heterocycles. The number of carbonyl (C=O) groups is 2. The second-order valence-electron chi connectivity index (χ2n) is 9.08. The summed E-state index contributed by atoms with van der Waals surface area (Å²) >= 11 is 1.65.